The first-order chi connectivity index (χ1) is 9.11. The van der Waals surface area contributed by atoms with Crippen LogP contribution in [0.2, 0.25) is 0 Å². The Bertz CT molecular complexity index is 364. The Hall–Kier alpha value is -1.35. The summed E-state index contributed by atoms with van der Waals surface area (Å²) in [5.74, 6) is -0.0912. The zero-order chi connectivity index (χ0) is 14.1. The summed E-state index contributed by atoms with van der Waals surface area (Å²) in [4.78, 5) is 10.7. The van der Waals surface area contributed by atoms with Crippen LogP contribution in [-0.4, -0.2) is 23.7 Å². The molecule has 2 unspecified atom stereocenters. The molecule has 106 valence electrons. The zero-order valence-electron chi connectivity index (χ0n) is 11.9. The molecule has 0 aliphatic heterocycles. The van der Waals surface area contributed by atoms with E-state index < -0.39 is 5.97 Å². The lowest BCUT2D eigenvalue weighted by atomic mass is 10.0. The molecule has 0 heterocycles. The average Bonchev–Trinajstić information content (AvgIpc) is 2.42. The van der Waals surface area contributed by atoms with Crippen LogP contribution in [0.15, 0.2) is 30.3 Å². The van der Waals surface area contributed by atoms with E-state index >= 15 is 0 Å². The number of aliphatic carboxylic acids is 1. The van der Waals surface area contributed by atoms with E-state index in [2.05, 4.69) is 31.3 Å². The average molecular weight is 263 g/mol. The molecule has 3 nitrogen and oxygen atoms in total. The van der Waals surface area contributed by atoms with Gasteiger partial charge in [-0.15, -0.1) is 0 Å². The van der Waals surface area contributed by atoms with E-state index in [9.17, 15) is 4.79 Å². The van der Waals surface area contributed by atoms with Gasteiger partial charge in [0.05, 0.1) is 0 Å². The van der Waals surface area contributed by atoms with Gasteiger partial charge in [-0.2, -0.15) is 0 Å². The van der Waals surface area contributed by atoms with Gasteiger partial charge < -0.3 is 10.4 Å². The summed E-state index contributed by atoms with van der Waals surface area (Å²) >= 11 is 0. The lowest BCUT2D eigenvalue weighted by molar-refractivity contribution is -0.137. The molecule has 0 saturated carbocycles. The predicted octanol–water partition coefficient (Wildman–Crippen LogP) is 3.10. The Morgan fingerprint density at radius 2 is 2.00 bits per heavy atom. The van der Waals surface area contributed by atoms with Crippen LogP contribution in [0, 0.1) is 5.92 Å². The molecule has 0 aliphatic carbocycles. The summed E-state index contributed by atoms with van der Waals surface area (Å²) in [5, 5.41) is 12.3. The van der Waals surface area contributed by atoms with E-state index in [1.54, 1.807) is 0 Å². The van der Waals surface area contributed by atoms with Crippen molar-refractivity contribution in [3.8, 4) is 0 Å². The van der Waals surface area contributed by atoms with Crippen LogP contribution in [0.4, 0.5) is 0 Å². The number of carboxylic acids is 1. The molecular formula is C16H25NO2. The number of benzene rings is 1. The summed E-state index contributed by atoms with van der Waals surface area (Å²) in [7, 11) is 0. The molecule has 0 radical (unpaired) electrons. The molecule has 0 bridgehead atoms. The van der Waals surface area contributed by atoms with Crippen molar-refractivity contribution >= 4 is 5.97 Å². The molecule has 0 saturated heterocycles. The van der Waals surface area contributed by atoms with E-state index in [0.29, 0.717) is 12.3 Å². The Kier molecular flexibility index (Phi) is 7.19. The van der Waals surface area contributed by atoms with E-state index in [1.165, 1.54) is 5.56 Å². The highest BCUT2D eigenvalue weighted by Gasteiger charge is 2.12. The second-order valence-electron chi connectivity index (χ2n) is 5.24. The van der Waals surface area contributed by atoms with Crippen LogP contribution >= 0.6 is 0 Å². The number of carboxylic acid groups (broad SMARTS) is 1. The quantitative estimate of drug-likeness (QED) is 0.719. The smallest absolute Gasteiger partial charge is 0.303 e. The molecule has 1 rings (SSSR count). The van der Waals surface area contributed by atoms with E-state index in [4.69, 9.17) is 5.11 Å². The van der Waals surface area contributed by atoms with Crippen LogP contribution in [-0.2, 0) is 11.2 Å². The molecule has 19 heavy (non-hydrogen) atoms. The van der Waals surface area contributed by atoms with Crippen molar-refractivity contribution < 1.29 is 9.90 Å². The summed E-state index contributed by atoms with van der Waals surface area (Å²) in [6.45, 7) is 5.34. The minimum Gasteiger partial charge on any atom is -0.481 e. The van der Waals surface area contributed by atoms with Crippen LogP contribution in [0.5, 0.6) is 0 Å². The molecule has 0 aromatic heterocycles. The van der Waals surface area contributed by atoms with Gasteiger partial charge in [0.25, 0.3) is 0 Å². The molecule has 0 aliphatic rings. The van der Waals surface area contributed by atoms with E-state index in [0.717, 1.165) is 19.4 Å². The second-order valence-corrected chi connectivity index (χ2v) is 5.24. The van der Waals surface area contributed by atoms with Gasteiger partial charge in [-0.3, -0.25) is 4.79 Å². The van der Waals surface area contributed by atoms with Gasteiger partial charge in [-0.25, -0.2) is 0 Å². The maximum absolute atomic E-state index is 10.7. The van der Waals surface area contributed by atoms with Crippen LogP contribution < -0.4 is 5.32 Å². The number of carbonyl (C=O) groups is 1. The molecule has 0 spiro atoms. The first-order valence-corrected chi connectivity index (χ1v) is 7.11. The number of hydrogen-bond donors (Lipinski definition) is 2. The topological polar surface area (TPSA) is 49.3 Å². The van der Waals surface area contributed by atoms with Gasteiger partial charge in [-0.05, 0) is 30.9 Å². The number of hydrogen-bond acceptors (Lipinski definition) is 2. The van der Waals surface area contributed by atoms with Crippen LogP contribution in [0.1, 0.15) is 38.7 Å². The second kappa shape index (κ2) is 8.70. The molecule has 2 N–H and O–H groups in total. The summed E-state index contributed by atoms with van der Waals surface area (Å²) in [6, 6.07) is 10.5. The Labute approximate surface area is 116 Å². The molecule has 0 amide bonds. The normalized spacial score (nSPS) is 14.0. The fourth-order valence-corrected chi connectivity index (χ4v) is 1.98. The van der Waals surface area contributed by atoms with Gasteiger partial charge in [0.15, 0.2) is 0 Å². The monoisotopic (exact) mass is 263 g/mol. The molecule has 2 atom stereocenters. The first kappa shape index (κ1) is 15.7. The van der Waals surface area contributed by atoms with Gasteiger partial charge >= 0.3 is 5.97 Å². The third-order valence-corrected chi connectivity index (χ3v) is 3.48. The molecule has 1 aromatic rings. The van der Waals surface area contributed by atoms with Crippen molar-refractivity contribution in [3.63, 3.8) is 0 Å². The Balaban J connectivity index is 2.50. The third kappa shape index (κ3) is 6.97. The number of rotatable bonds is 9. The van der Waals surface area contributed by atoms with Gasteiger partial charge in [0.2, 0.25) is 0 Å². The van der Waals surface area contributed by atoms with Crippen molar-refractivity contribution in [2.75, 3.05) is 6.54 Å². The van der Waals surface area contributed by atoms with Crippen molar-refractivity contribution in [1.82, 2.24) is 5.32 Å². The van der Waals surface area contributed by atoms with E-state index in [1.807, 2.05) is 18.2 Å². The van der Waals surface area contributed by atoms with Crippen molar-refractivity contribution in [2.24, 2.45) is 5.92 Å². The molecule has 0 fully saturated rings. The SMILES string of the molecule is CCC(C)CNC(CCC(=O)O)Cc1ccccc1. The lowest BCUT2D eigenvalue weighted by Gasteiger charge is -2.20. The van der Waals surface area contributed by atoms with Crippen molar-refractivity contribution in [1.29, 1.82) is 0 Å². The Morgan fingerprint density at radius 3 is 2.58 bits per heavy atom. The fraction of sp³-hybridized carbons (Fsp3) is 0.562. The van der Waals surface area contributed by atoms with Crippen LogP contribution in [0.3, 0.4) is 0 Å². The largest absolute Gasteiger partial charge is 0.481 e. The Morgan fingerprint density at radius 1 is 1.32 bits per heavy atom. The molecular weight excluding hydrogens is 238 g/mol. The summed E-state index contributed by atoms with van der Waals surface area (Å²) in [5.41, 5.74) is 1.26. The zero-order valence-corrected chi connectivity index (χ0v) is 11.9. The predicted molar refractivity (Wildman–Crippen MR) is 78.3 cm³/mol. The highest BCUT2D eigenvalue weighted by molar-refractivity contribution is 5.66. The van der Waals surface area contributed by atoms with Crippen molar-refractivity contribution in [2.45, 2.75) is 45.6 Å². The highest BCUT2D eigenvalue weighted by Crippen LogP contribution is 2.09. The highest BCUT2D eigenvalue weighted by atomic mass is 16.4. The minimum absolute atomic E-state index is 0.227. The van der Waals surface area contributed by atoms with Gasteiger partial charge in [0, 0.05) is 12.5 Å². The minimum atomic E-state index is -0.719. The number of nitrogens with one attached hydrogen (secondary N) is 1. The summed E-state index contributed by atoms with van der Waals surface area (Å²) < 4.78 is 0. The first-order valence-electron chi connectivity index (χ1n) is 7.11. The van der Waals surface area contributed by atoms with Gasteiger partial charge in [-0.1, -0.05) is 50.6 Å². The third-order valence-electron chi connectivity index (χ3n) is 3.48. The fourth-order valence-electron chi connectivity index (χ4n) is 1.98. The molecule has 1 aromatic carbocycles. The van der Waals surface area contributed by atoms with Crippen LogP contribution in [0.25, 0.3) is 0 Å². The maximum atomic E-state index is 10.7. The molecule has 3 heteroatoms. The maximum Gasteiger partial charge on any atom is 0.303 e. The standard InChI is InChI=1S/C16H25NO2/c1-3-13(2)12-17-15(9-10-16(18)19)11-14-7-5-4-6-8-14/h4-8,13,15,17H,3,9-12H2,1-2H3,(H,18,19). The summed E-state index contributed by atoms with van der Waals surface area (Å²) in [6.07, 6.45) is 2.94. The van der Waals surface area contributed by atoms with Gasteiger partial charge in [0.1, 0.15) is 0 Å². The van der Waals surface area contributed by atoms with Crippen molar-refractivity contribution in [3.05, 3.63) is 35.9 Å². The van der Waals surface area contributed by atoms with E-state index in [-0.39, 0.29) is 12.5 Å². The lowest BCUT2D eigenvalue weighted by Crippen LogP contribution is -2.34.